The largest absolute Gasteiger partial charge is 0.490 e. The zero-order valence-corrected chi connectivity index (χ0v) is 22.0. The number of piperazine rings is 1. The van der Waals surface area contributed by atoms with E-state index in [2.05, 4.69) is 47.6 Å². The van der Waals surface area contributed by atoms with Gasteiger partial charge >= 0.3 is 12.1 Å². The predicted octanol–water partition coefficient (Wildman–Crippen LogP) is 2.64. The van der Waals surface area contributed by atoms with Crippen LogP contribution in [0.25, 0.3) is 0 Å². The van der Waals surface area contributed by atoms with Gasteiger partial charge in [-0.05, 0) is 24.8 Å². The summed E-state index contributed by atoms with van der Waals surface area (Å²) >= 11 is 0. The Labute approximate surface area is 210 Å². The first kappa shape index (κ1) is 31.4. The van der Waals surface area contributed by atoms with Gasteiger partial charge < -0.3 is 20.2 Å². The first-order valence-corrected chi connectivity index (χ1v) is 13.3. The van der Waals surface area contributed by atoms with Gasteiger partial charge in [-0.2, -0.15) is 13.2 Å². The third-order valence-electron chi connectivity index (χ3n) is 4.87. The van der Waals surface area contributed by atoms with Gasteiger partial charge in [0, 0.05) is 39.3 Å². The molecule has 206 valence electrons. The molecule has 1 aliphatic rings. The fourth-order valence-corrected chi connectivity index (χ4v) is 3.96. The van der Waals surface area contributed by atoms with Gasteiger partial charge in [-0.3, -0.25) is 9.52 Å². The number of sulfonamides is 1. The predicted molar refractivity (Wildman–Crippen MR) is 132 cm³/mol. The summed E-state index contributed by atoms with van der Waals surface area (Å²) in [6.07, 6.45) is -3.59. The molecule has 1 aliphatic heterocycles. The van der Waals surface area contributed by atoms with Crippen LogP contribution in [-0.2, 0) is 14.8 Å². The van der Waals surface area contributed by atoms with Crippen molar-refractivity contribution in [3.8, 4) is 0 Å². The van der Waals surface area contributed by atoms with Gasteiger partial charge in [-0.1, -0.05) is 27.7 Å². The minimum atomic E-state index is -5.08. The average Bonchev–Trinajstić information content (AvgIpc) is 2.77. The Kier molecular flexibility index (Phi) is 11.9. The lowest BCUT2D eigenvalue weighted by Crippen LogP contribution is -2.45. The second-order valence-electron chi connectivity index (χ2n) is 9.14. The molecule has 3 N–H and O–H groups in total. The fourth-order valence-electron chi connectivity index (χ4n) is 3.34. The van der Waals surface area contributed by atoms with Crippen LogP contribution in [0.1, 0.15) is 45.0 Å². The first-order chi connectivity index (χ1) is 16.6. The Morgan fingerprint density at radius 2 is 1.67 bits per heavy atom. The lowest BCUT2D eigenvalue weighted by molar-refractivity contribution is -0.192. The van der Waals surface area contributed by atoms with Crippen LogP contribution in [0.15, 0.2) is 12.3 Å². The molecule has 10 nitrogen and oxygen atoms in total. The molecular formula is C22H36F3N5O5S. The highest BCUT2D eigenvalue weighted by Crippen LogP contribution is 2.25. The van der Waals surface area contributed by atoms with Gasteiger partial charge in [0.25, 0.3) is 5.91 Å². The molecule has 0 spiro atoms. The van der Waals surface area contributed by atoms with E-state index in [4.69, 9.17) is 9.90 Å². The summed E-state index contributed by atoms with van der Waals surface area (Å²) in [6, 6.07) is 1.63. The van der Waals surface area contributed by atoms with E-state index in [0.29, 0.717) is 42.0 Å². The third kappa shape index (κ3) is 10.6. The molecule has 1 fully saturated rings. The Bertz CT molecular complexity index is 971. The van der Waals surface area contributed by atoms with Crippen molar-refractivity contribution in [1.82, 2.24) is 15.2 Å². The summed E-state index contributed by atoms with van der Waals surface area (Å²) in [5.74, 6) is -1.63. The highest BCUT2D eigenvalue weighted by molar-refractivity contribution is 7.92. The highest BCUT2D eigenvalue weighted by atomic mass is 32.2. The quantitative estimate of drug-likeness (QED) is 0.437. The van der Waals surface area contributed by atoms with Crippen LogP contribution in [0.4, 0.5) is 24.7 Å². The van der Waals surface area contributed by atoms with Crippen LogP contribution in [0.3, 0.4) is 0 Å². The number of rotatable bonds is 9. The summed E-state index contributed by atoms with van der Waals surface area (Å²) in [7, 11) is -3.45. The van der Waals surface area contributed by atoms with Gasteiger partial charge in [-0.25, -0.2) is 18.2 Å². The second-order valence-corrected chi connectivity index (χ2v) is 11.1. The Morgan fingerprint density at radius 1 is 1.17 bits per heavy atom. The number of nitrogens with one attached hydrogen (secondary N) is 2. The van der Waals surface area contributed by atoms with E-state index < -0.39 is 22.2 Å². The summed E-state index contributed by atoms with van der Waals surface area (Å²) < 4.78 is 58.3. The van der Waals surface area contributed by atoms with E-state index in [0.717, 1.165) is 26.2 Å². The van der Waals surface area contributed by atoms with Crippen LogP contribution in [0.2, 0.25) is 0 Å². The van der Waals surface area contributed by atoms with Crippen LogP contribution in [0.5, 0.6) is 0 Å². The van der Waals surface area contributed by atoms with E-state index in [1.165, 1.54) is 6.20 Å². The molecule has 2 rings (SSSR count). The molecule has 0 aliphatic carbocycles. The van der Waals surface area contributed by atoms with Crippen LogP contribution in [-0.4, -0.2) is 86.5 Å². The SMILES string of the molecule is CCS(=O)(=O)Nc1cnc(N2CCNCC2)c(C(=O)N(CC(C)C)CC(C)C)c1.O=C(O)C(F)(F)F. The third-order valence-corrected chi connectivity index (χ3v) is 6.17. The lowest BCUT2D eigenvalue weighted by Gasteiger charge is -2.32. The van der Waals surface area contributed by atoms with Crippen LogP contribution in [0, 0.1) is 11.8 Å². The number of hydrogen-bond acceptors (Lipinski definition) is 7. The van der Waals surface area contributed by atoms with Gasteiger partial charge in [0.15, 0.2) is 0 Å². The van der Waals surface area contributed by atoms with Crippen molar-refractivity contribution in [2.75, 3.05) is 54.6 Å². The molecule has 1 amide bonds. The normalized spacial score (nSPS) is 14.3. The van der Waals surface area contributed by atoms with Crippen molar-refractivity contribution in [2.24, 2.45) is 11.8 Å². The van der Waals surface area contributed by atoms with E-state index in [9.17, 15) is 26.4 Å². The Morgan fingerprint density at radius 3 is 2.08 bits per heavy atom. The number of aromatic nitrogens is 1. The van der Waals surface area contributed by atoms with E-state index in [1.807, 2.05) is 4.90 Å². The molecule has 1 aromatic heterocycles. The molecule has 0 saturated carbocycles. The number of pyridine rings is 1. The molecule has 36 heavy (non-hydrogen) atoms. The van der Waals surface area contributed by atoms with Crippen molar-refractivity contribution < 1.29 is 36.3 Å². The topological polar surface area (TPSA) is 132 Å². The van der Waals surface area contributed by atoms with Gasteiger partial charge in [-0.15, -0.1) is 0 Å². The minimum Gasteiger partial charge on any atom is -0.475 e. The molecule has 1 saturated heterocycles. The Balaban J connectivity index is 0.000000809. The maximum Gasteiger partial charge on any atom is 0.490 e. The number of carboxylic acid groups (broad SMARTS) is 1. The smallest absolute Gasteiger partial charge is 0.475 e. The van der Waals surface area contributed by atoms with Crippen molar-refractivity contribution in [3.63, 3.8) is 0 Å². The number of nitrogens with zero attached hydrogens (tertiary/aromatic N) is 3. The maximum absolute atomic E-state index is 13.5. The molecular weight excluding hydrogens is 503 g/mol. The summed E-state index contributed by atoms with van der Waals surface area (Å²) in [5, 5.41) is 10.4. The summed E-state index contributed by atoms with van der Waals surface area (Å²) in [6.45, 7) is 14.3. The number of amides is 1. The summed E-state index contributed by atoms with van der Waals surface area (Å²) in [5.41, 5.74) is 0.771. The van der Waals surface area contributed by atoms with Crippen molar-refractivity contribution in [3.05, 3.63) is 17.8 Å². The lowest BCUT2D eigenvalue weighted by atomic mass is 10.1. The molecule has 14 heteroatoms. The van der Waals surface area contributed by atoms with E-state index in [1.54, 1.807) is 13.0 Å². The maximum atomic E-state index is 13.5. The standard InChI is InChI=1S/C20H35N5O3S.C2HF3O2/c1-6-29(27,28)23-17-11-18(19(22-12-17)24-9-7-21-8-10-24)20(26)25(13-15(2)3)14-16(4)5;3-2(4,5)1(6)7/h11-12,15-16,21,23H,6-10,13-14H2,1-5H3;(H,6,7). The number of hydrogen-bond donors (Lipinski definition) is 3. The van der Waals surface area contributed by atoms with Gasteiger partial charge in [0.2, 0.25) is 10.0 Å². The van der Waals surface area contributed by atoms with Crippen LogP contribution >= 0.6 is 0 Å². The first-order valence-electron chi connectivity index (χ1n) is 11.6. The fraction of sp³-hybridized carbons (Fsp3) is 0.682. The minimum absolute atomic E-state index is 0.0390. The van der Waals surface area contributed by atoms with Gasteiger partial charge in [0.1, 0.15) is 5.82 Å². The molecule has 0 aromatic carbocycles. The molecule has 0 bridgehead atoms. The van der Waals surface area contributed by atoms with Crippen molar-refractivity contribution in [2.45, 2.75) is 40.8 Å². The average molecular weight is 540 g/mol. The number of aliphatic carboxylic acids is 1. The molecule has 0 atom stereocenters. The highest BCUT2D eigenvalue weighted by Gasteiger charge is 2.38. The molecule has 1 aromatic rings. The Hall–Kier alpha value is -2.61. The van der Waals surface area contributed by atoms with Crippen molar-refractivity contribution >= 4 is 33.4 Å². The molecule has 2 heterocycles. The molecule has 0 unspecified atom stereocenters. The summed E-state index contributed by atoms with van der Waals surface area (Å²) in [4.78, 5) is 30.9. The zero-order valence-electron chi connectivity index (χ0n) is 21.2. The molecule has 0 radical (unpaired) electrons. The van der Waals surface area contributed by atoms with Gasteiger partial charge in [0.05, 0.1) is 23.2 Å². The number of anilines is 2. The van der Waals surface area contributed by atoms with E-state index in [-0.39, 0.29) is 11.7 Å². The zero-order chi connectivity index (χ0) is 27.7. The van der Waals surface area contributed by atoms with Crippen molar-refractivity contribution in [1.29, 1.82) is 0 Å². The number of carbonyl (C=O) groups excluding carboxylic acids is 1. The monoisotopic (exact) mass is 539 g/mol. The number of halogens is 3. The number of carboxylic acids is 1. The number of carbonyl (C=O) groups is 2. The number of alkyl halides is 3. The van der Waals surface area contributed by atoms with E-state index >= 15 is 0 Å². The van der Waals surface area contributed by atoms with Crippen LogP contribution < -0.4 is 14.9 Å². The second kappa shape index (κ2) is 13.6.